The first kappa shape index (κ1) is 21.8. The first-order chi connectivity index (χ1) is 15.0. The number of amides is 3. The van der Waals surface area contributed by atoms with Gasteiger partial charge >= 0.3 is 6.03 Å². The van der Waals surface area contributed by atoms with Gasteiger partial charge in [-0.15, -0.1) is 0 Å². The van der Waals surface area contributed by atoms with E-state index in [-0.39, 0.29) is 18.9 Å². The summed E-state index contributed by atoms with van der Waals surface area (Å²) in [6.45, 7) is 2.62. The third-order valence-electron chi connectivity index (χ3n) is 4.99. The third-order valence-corrected chi connectivity index (χ3v) is 4.99. The van der Waals surface area contributed by atoms with Gasteiger partial charge in [0.15, 0.2) is 0 Å². The smallest absolute Gasteiger partial charge is 0.315 e. The normalized spacial score (nSPS) is 11.4. The number of carbonyl (C=O) groups is 2. The van der Waals surface area contributed by atoms with Crippen LogP contribution in [0.2, 0.25) is 0 Å². The number of hydrogen-bond donors (Lipinski definition) is 3. The van der Waals surface area contributed by atoms with Gasteiger partial charge in [0.1, 0.15) is 6.04 Å². The van der Waals surface area contributed by atoms with Crippen LogP contribution in [0.3, 0.4) is 0 Å². The summed E-state index contributed by atoms with van der Waals surface area (Å²) in [5, 5.41) is 19.2. The van der Waals surface area contributed by atoms with Crippen LogP contribution >= 0.6 is 0 Å². The fraction of sp³-hybridized carbons (Fsp3) is 0.240. The van der Waals surface area contributed by atoms with Gasteiger partial charge in [-0.05, 0) is 28.8 Å². The topological polar surface area (TPSA) is 94.0 Å². The molecule has 31 heavy (non-hydrogen) atoms. The van der Waals surface area contributed by atoms with E-state index < -0.39 is 12.1 Å². The molecular weight excluding hydrogens is 388 g/mol. The molecule has 0 radical (unpaired) electrons. The lowest BCUT2D eigenvalue weighted by Crippen LogP contribution is -2.51. The number of aryl methyl sites for hydroxylation is 1. The minimum absolute atomic E-state index is 0.216. The zero-order valence-corrected chi connectivity index (χ0v) is 17.5. The number of nitrogens with one attached hydrogen (secondary N) is 3. The highest BCUT2D eigenvalue weighted by molar-refractivity contribution is 5.88. The monoisotopic (exact) mass is 414 g/mol. The fourth-order valence-electron chi connectivity index (χ4n) is 3.27. The molecule has 0 saturated carbocycles. The van der Waals surface area contributed by atoms with E-state index in [1.54, 1.807) is 0 Å². The zero-order chi connectivity index (χ0) is 22.1. The van der Waals surface area contributed by atoms with Crippen LogP contribution in [0.5, 0.6) is 0 Å². The molecule has 0 aliphatic carbocycles. The van der Waals surface area contributed by atoms with Crippen molar-refractivity contribution in [3.8, 4) is 6.07 Å². The summed E-state index contributed by atoms with van der Waals surface area (Å²) < 4.78 is 0. The number of hydrogen-bond acceptors (Lipinski definition) is 3. The summed E-state index contributed by atoms with van der Waals surface area (Å²) in [7, 11) is 0. The first-order valence-electron chi connectivity index (χ1n) is 10.3. The second-order valence-electron chi connectivity index (χ2n) is 7.45. The van der Waals surface area contributed by atoms with Crippen molar-refractivity contribution in [3.05, 3.63) is 83.4 Å². The van der Waals surface area contributed by atoms with E-state index in [1.165, 1.54) is 0 Å². The highest BCUT2D eigenvalue weighted by Crippen LogP contribution is 2.17. The fourth-order valence-corrected chi connectivity index (χ4v) is 3.27. The Morgan fingerprint density at radius 3 is 2.39 bits per heavy atom. The lowest BCUT2D eigenvalue weighted by Gasteiger charge is -2.19. The van der Waals surface area contributed by atoms with Gasteiger partial charge < -0.3 is 16.0 Å². The molecule has 3 N–H and O–H groups in total. The Morgan fingerprint density at radius 1 is 0.935 bits per heavy atom. The molecule has 0 spiro atoms. The number of fused-ring (bicyclic) bond motifs is 1. The van der Waals surface area contributed by atoms with Crippen LogP contribution < -0.4 is 16.0 Å². The van der Waals surface area contributed by atoms with Gasteiger partial charge in [0.25, 0.3) is 0 Å². The van der Waals surface area contributed by atoms with Crippen molar-refractivity contribution in [1.82, 2.24) is 16.0 Å². The van der Waals surface area contributed by atoms with E-state index in [0.717, 1.165) is 27.5 Å². The summed E-state index contributed by atoms with van der Waals surface area (Å²) in [6.07, 6.45) is 0.565. The number of urea groups is 1. The minimum atomic E-state index is -0.752. The lowest BCUT2D eigenvalue weighted by molar-refractivity contribution is -0.122. The lowest BCUT2D eigenvalue weighted by atomic mass is 10.0. The van der Waals surface area contributed by atoms with E-state index in [2.05, 4.69) is 16.0 Å². The van der Waals surface area contributed by atoms with Crippen LogP contribution in [0.1, 0.15) is 23.1 Å². The predicted molar refractivity (Wildman–Crippen MR) is 121 cm³/mol. The largest absolute Gasteiger partial charge is 0.353 e. The van der Waals surface area contributed by atoms with Crippen LogP contribution in [0.15, 0.2) is 66.7 Å². The second-order valence-corrected chi connectivity index (χ2v) is 7.45. The molecule has 0 heterocycles. The van der Waals surface area contributed by atoms with Crippen molar-refractivity contribution >= 4 is 22.7 Å². The van der Waals surface area contributed by atoms with Crippen LogP contribution in [0, 0.1) is 18.3 Å². The maximum Gasteiger partial charge on any atom is 0.315 e. The molecule has 158 valence electrons. The van der Waals surface area contributed by atoms with Gasteiger partial charge in [-0.25, -0.2) is 4.79 Å². The number of carbonyl (C=O) groups excluding carboxylic acids is 2. The van der Waals surface area contributed by atoms with Gasteiger partial charge in [0.2, 0.25) is 5.91 Å². The Balaban J connectivity index is 1.67. The number of nitrogens with zero attached hydrogens (tertiary/aromatic N) is 1. The highest BCUT2D eigenvalue weighted by atomic mass is 16.2. The van der Waals surface area contributed by atoms with Gasteiger partial charge in [0.05, 0.1) is 12.5 Å². The van der Waals surface area contributed by atoms with Crippen LogP contribution in [-0.2, 0) is 17.8 Å². The van der Waals surface area contributed by atoms with Crippen molar-refractivity contribution in [1.29, 1.82) is 5.26 Å². The first-order valence-corrected chi connectivity index (χ1v) is 10.3. The molecule has 3 aromatic rings. The predicted octanol–water partition coefficient (Wildman–Crippen LogP) is 3.59. The average molecular weight is 415 g/mol. The van der Waals surface area contributed by atoms with E-state index in [0.29, 0.717) is 13.0 Å². The summed E-state index contributed by atoms with van der Waals surface area (Å²) >= 11 is 0. The van der Waals surface area contributed by atoms with Crippen LogP contribution in [-0.4, -0.2) is 24.5 Å². The molecule has 3 aromatic carbocycles. The Morgan fingerprint density at radius 2 is 1.65 bits per heavy atom. The maximum absolute atomic E-state index is 12.7. The van der Waals surface area contributed by atoms with E-state index >= 15 is 0 Å². The van der Waals surface area contributed by atoms with Crippen LogP contribution in [0.25, 0.3) is 10.8 Å². The SMILES string of the molecule is Cc1ccc(CNC(=O)NC(Cc2ccc3ccccc3c2)C(=O)NCCC#N)cc1. The van der Waals surface area contributed by atoms with Crippen LogP contribution in [0.4, 0.5) is 4.79 Å². The average Bonchev–Trinajstić information content (AvgIpc) is 2.78. The van der Waals surface area contributed by atoms with Gasteiger partial charge in [-0.1, -0.05) is 72.3 Å². The molecule has 0 bridgehead atoms. The quantitative estimate of drug-likeness (QED) is 0.492. The standard InChI is InChI=1S/C25H26N4O2/c1-18-7-9-19(10-8-18)17-28-25(31)29-23(24(30)27-14-4-13-26)16-20-11-12-21-5-2-3-6-22(21)15-20/h2-3,5-12,15,23H,4,14,16-17H2,1H3,(H,27,30)(H2,28,29,31). The van der Waals surface area contributed by atoms with Crippen molar-refractivity contribution < 1.29 is 9.59 Å². The zero-order valence-electron chi connectivity index (χ0n) is 17.5. The number of nitriles is 1. The summed E-state index contributed by atoms with van der Waals surface area (Å²) in [4.78, 5) is 25.1. The molecule has 3 amide bonds. The van der Waals surface area contributed by atoms with E-state index in [9.17, 15) is 9.59 Å². The Bertz CT molecular complexity index is 1090. The molecule has 0 saturated heterocycles. The van der Waals surface area contributed by atoms with Gasteiger partial charge in [-0.2, -0.15) is 5.26 Å². The summed E-state index contributed by atoms with van der Waals surface area (Å²) in [5.41, 5.74) is 3.07. The summed E-state index contributed by atoms with van der Waals surface area (Å²) in [5.74, 6) is -0.311. The molecule has 1 unspecified atom stereocenters. The van der Waals surface area contributed by atoms with Crippen molar-refractivity contribution in [3.63, 3.8) is 0 Å². The van der Waals surface area contributed by atoms with Crippen molar-refractivity contribution in [2.75, 3.05) is 6.54 Å². The molecule has 0 aliphatic heterocycles. The highest BCUT2D eigenvalue weighted by Gasteiger charge is 2.21. The summed E-state index contributed by atoms with van der Waals surface area (Å²) in [6, 6.07) is 22.7. The van der Waals surface area contributed by atoms with Gasteiger partial charge in [0, 0.05) is 19.5 Å². The van der Waals surface area contributed by atoms with Gasteiger partial charge in [-0.3, -0.25) is 4.79 Å². The third kappa shape index (κ3) is 6.58. The minimum Gasteiger partial charge on any atom is -0.353 e. The van der Waals surface area contributed by atoms with E-state index in [4.69, 9.17) is 5.26 Å². The molecule has 6 heteroatoms. The number of rotatable bonds is 8. The molecule has 0 fully saturated rings. The molecule has 0 aliphatic rings. The molecule has 1 atom stereocenters. The second kappa shape index (κ2) is 10.8. The van der Waals surface area contributed by atoms with Crippen molar-refractivity contribution in [2.24, 2.45) is 0 Å². The molecule has 0 aromatic heterocycles. The number of benzene rings is 3. The maximum atomic E-state index is 12.7. The molecular formula is C25H26N4O2. The Labute approximate surface area is 182 Å². The Hall–Kier alpha value is -3.85. The van der Waals surface area contributed by atoms with Crippen molar-refractivity contribution in [2.45, 2.75) is 32.4 Å². The Kier molecular flexibility index (Phi) is 7.61. The molecule has 6 nitrogen and oxygen atoms in total. The molecule has 3 rings (SSSR count). The van der Waals surface area contributed by atoms with E-state index in [1.807, 2.05) is 79.7 Å².